The molecule has 1 amide bonds. The normalized spacial score (nSPS) is 10.2. The van der Waals surface area contributed by atoms with Crippen LogP contribution in [0.15, 0.2) is 36.4 Å². The van der Waals surface area contributed by atoms with Crippen molar-refractivity contribution in [2.24, 2.45) is 0 Å². The van der Waals surface area contributed by atoms with E-state index in [2.05, 4.69) is 5.32 Å². The Morgan fingerprint density at radius 1 is 1.09 bits per heavy atom. The highest BCUT2D eigenvalue weighted by Gasteiger charge is 2.12. The van der Waals surface area contributed by atoms with E-state index in [1.807, 2.05) is 32.0 Å². The largest absolute Gasteiger partial charge is 0.507 e. The molecule has 23 heavy (non-hydrogen) atoms. The number of hydrogen-bond acceptors (Lipinski definition) is 4. The number of hydrogen-bond donors (Lipinski definition) is 3. The van der Waals surface area contributed by atoms with Gasteiger partial charge in [0.1, 0.15) is 17.1 Å². The zero-order valence-electron chi connectivity index (χ0n) is 12.8. The molecule has 0 radical (unpaired) electrons. The van der Waals surface area contributed by atoms with Gasteiger partial charge in [-0.25, -0.2) is 4.79 Å². The molecule has 0 aliphatic heterocycles. The quantitative estimate of drug-likeness (QED) is 0.737. The second-order valence-corrected chi connectivity index (χ2v) is 5.20. The standard InChI is InChI=1S/C17H17NO5/c1-10-5-11(2)7-13(6-10)23-9-16(20)18-12-3-4-15(19)14(8-12)17(21)22/h3-8,19H,9H2,1-2H3,(H,18,20)(H,21,22). The number of aryl methyl sites for hydroxylation is 2. The highest BCUT2D eigenvalue weighted by molar-refractivity contribution is 5.96. The van der Waals surface area contributed by atoms with E-state index in [9.17, 15) is 14.7 Å². The third-order valence-corrected chi connectivity index (χ3v) is 3.08. The molecule has 2 rings (SSSR count). The highest BCUT2D eigenvalue weighted by Crippen LogP contribution is 2.21. The Balaban J connectivity index is 1.99. The number of aromatic carboxylic acids is 1. The lowest BCUT2D eigenvalue weighted by molar-refractivity contribution is -0.118. The van der Waals surface area contributed by atoms with Crippen LogP contribution in [0.25, 0.3) is 0 Å². The van der Waals surface area contributed by atoms with Gasteiger partial charge in [0.15, 0.2) is 6.61 Å². The molecule has 2 aromatic rings. The first kappa shape index (κ1) is 16.4. The molecule has 0 unspecified atom stereocenters. The van der Waals surface area contributed by atoms with Crippen molar-refractivity contribution in [1.29, 1.82) is 0 Å². The van der Waals surface area contributed by atoms with Gasteiger partial charge in [-0.15, -0.1) is 0 Å². The van der Waals surface area contributed by atoms with Gasteiger partial charge in [0, 0.05) is 5.69 Å². The summed E-state index contributed by atoms with van der Waals surface area (Å²) in [4.78, 5) is 22.8. The number of aromatic hydroxyl groups is 1. The second-order valence-electron chi connectivity index (χ2n) is 5.20. The summed E-state index contributed by atoms with van der Waals surface area (Å²) >= 11 is 0. The number of ether oxygens (including phenoxy) is 1. The summed E-state index contributed by atoms with van der Waals surface area (Å²) in [6.45, 7) is 3.67. The van der Waals surface area contributed by atoms with E-state index in [0.29, 0.717) is 5.75 Å². The summed E-state index contributed by atoms with van der Waals surface area (Å²) in [6, 6.07) is 9.45. The van der Waals surface area contributed by atoms with Gasteiger partial charge in [-0.1, -0.05) is 6.07 Å². The van der Waals surface area contributed by atoms with Crippen LogP contribution in [0.3, 0.4) is 0 Å². The SMILES string of the molecule is Cc1cc(C)cc(OCC(=O)Nc2ccc(O)c(C(=O)O)c2)c1. The van der Waals surface area contributed by atoms with Gasteiger partial charge >= 0.3 is 5.97 Å². The number of amides is 1. The van der Waals surface area contributed by atoms with Crippen molar-refractivity contribution < 1.29 is 24.5 Å². The first-order valence-corrected chi connectivity index (χ1v) is 6.92. The van der Waals surface area contributed by atoms with Crippen molar-refractivity contribution in [3.05, 3.63) is 53.1 Å². The van der Waals surface area contributed by atoms with Crippen LogP contribution in [0, 0.1) is 13.8 Å². The summed E-state index contributed by atoms with van der Waals surface area (Å²) < 4.78 is 5.43. The molecule has 120 valence electrons. The molecule has 0 spiro atoms. The van der Waals surface area contributed by atoms with E-state index in [-0.39, 0.29) is 23.6 Å². The maximum atomic E-state index is 11.9. The summed E-state index contributed by atoms with van der Waals surface area (Å²) in [6.07, 6.45) is 0. The summed E-state index contributed by atoms with van der Waals surface area (Å²) in [5.41, 5.74) is 2.06. The van der Waals surface area contributed by atoms with E-state index in [1.165, 1.54) is 18.2 Å². The van der Waals surface area contributed by atoms with Gasteiger partial charge < -0.3 is 20.3 Å². The number of carbonyl (C=O) groups excluding carboxylic acids is 1. The van der Waals surface area contributed by atoms with Crippen LogP contribution >= 0.6 is 0 Å². The number of carbonyl (C=O) groups is 2. The monoisotopic (exact) mass is 315 g/mol. The van der Waals surface area contributed by atoms with Crippen molar-refractivity contribution in [3.8, 4) is 11.5 Å². The zero-order chi connectivity index (χ0) is 17.0. The second kappa shape index (κ2) is 6.83. The lowest BCUT2D eigenvalue weighted by Gasteiger charge is -2.10. The molecule has 0 bridgehead atoms. The van der Waals surface area contributed by atoms with Crippen LogP contribution in [0.1, 0.15) is 21.5 Å². The van der Waals surface area contributed by atoms with Crippen molar-refractivity contribution >= 4 is 17.6 Å². The van der Waals surface area contributed by atoms with Crippen molar-refractivity contribution in [2.75, 3.05) is 11.9 Å². The van der Waals surface area contributed by atoms with Gasteiger partial charge in [0.05, 0.1) is 0 Å². The van der Waals surface area contributed by atoms with Gasteiger partial charge in [-0.05, 0) is 55.3 Å². The maximum Gasteiger partial charge on any atom is 0.339 e. The van der Waals surface area contributed by atoms with Crippen molar-refractivity contribution in [3.63, 3.8) is 0 Å². The predicted molar refractivity (Wildman–Crippen MR) is 85.1 cm³/mol. The lowest BCUT2D eigenvalue weighted by atomic mass is 10.1. The first-order chi connectivity index (χ1) is 10.8. The first-order valence-electron chi connectivity index (χ1n) is 6.92. The molecule has 0 atom stereocenters. The van der Waals surface area contributed by atoms with Crippen molar-refractivity contribution in [1.82, 2.24) is 0 Å². The Labute approximate surface area is 133 Å². The van der Waals surface area contributed by atoms with E-state index in [4.69, 9.17) is 9.84 Å². The molecular formula is C17H17NO5. The molecule has 0 heterocycles. The summed E-state index contributed by atoms with van der Waals surface area (Å²) in [7, 11) is 0. The number of phenols is 1. The van der Waals surface area contributed by atoms with Crippen LogP contribution in [-0.2, 0) is 4.79 Å². The molecule has 3 N–H and O–H groups in total. The van der Waals surface area contributed by atoms with E-state index in [1.54, 1.807) is 0 Å². The number of benzene rings is 2. The van der Waals surface area contributed by atoms with Gasteiger partial charge in [0.25, 0.3) is 5.91 Å². The molecule has 6 nitrogen and oxygen atoms in total. The minimum Gasteiger partial charge on any atom is -0.507 e. The fourth-order valence-corrected chi connectivity index (χ4v) is 2.15. The van der Waals surface area contributed by atoms with Crippen LogP contribution in [0.2, 0.25) is 0 Å². The molecule has 0 saturated heterocycles. The smallest absolute Gasteiger partial charge is 0.339 e. The molecular weight excluding hydrogens is 298 g/mol. The fraction of sp³-hybridized carbons (Fsp3) is 0.176. The van der Waals surface area contributed by atoms with E-state index in [0.717, 1.165) is 11.1 Å². The zero-order valence-corrected chi connectivity index (χ0v) is 12.8. The minimum atomic E-state index is -1.27. The number of rotatable bonds is 5. The third kappa shape index (κ3) is 4.47. The van der Waals surface area contributed by atoms with Gasteiger partial charge in [0.2, 0.25) is 0 Å². The minimum absolute atomic E-state index is 0.202. The predicted octanol–water partition coefficient (Wildman–Crippen LogP) is 2.72. The highest BCUT2D eigenvalue weighted by atomic mass is 16.5. The maximum absolute atomic E-state index is 11.9. The Hall–Kier alpha value is -3.02. The lowest BCUT2D eigenvalue weighted by Crippen LogP contribution is -2.20. The van der Waals surface area contributed by atoms with Gasteiger partial charge in [-0.2, -0.15) is 0 Å². The third-order valence-electron chi connectivity index (χ3n) is 3.08. The molecule has 0 saturated carbocycles. The molecule has 0 aromatic heterocycles. The van der Waals surface area contributed by atoms with E-state index < -0.39 is 11.9 Å². The van der Waals surface area contributed by atoms with Crippen LogP contribution < -0.4 is 10.1 Å². The van der Waals surface area contributed by atoms with Gasteiger partial charge in [-0.3, -0.25) is 4.79 Å². The average Bonchev–Trinajstić information content (AvgIpc) is 2.46. The molecule has 0 aliphatic carbocycles. The topological polar surface area (TPSA) is 95.9 Å². The average molecular weight is 315 g/mol. The van der Waals surface area contributed by atoms with Crippen LogP contribution in [0.5, 0.6) is 11.5 Å². The summed E-state index contributed by atoms with van der Waals surface area (Å²) in [5, 5.41) is 20.9. The van der Waals surface area contributed by atoms with Crippen LogP contribution in [0.4, 0.5) is 5.69 Å². The summed E-state index contributed by atoms with van der Waals surface area (Å²) in [5.74, 6) is -1.46. The Bertz CT molecular complexity index is 734. The van der Waals surface area contributed by atoms with E-state index >= 15 is 0 Å². The number of carboxylic acids is 1. The number of nitrogens with one attached hydrogen (secondary N) is 1. The number of anilines is 1. The Morgan fingerprint density at radius 2 is 1.74 bits per heavy atom. The van der Waals surface area contributed by atoms with Crippen molar-refractivity contribution in [2.45, 2.75) is 13.8 Å². The Kier molecular flexibility index (Phi) is 4.85. The molecule has 0 aliphatic rings. The molecule has 6 heteroatoms. The number of carboxylic acid groups (broad SMARTS) is 1. The fourth-order valence-electron chi connectivity index (χ4n) is 2.15. The molecule has 2 aromatic carbocycles. The molecule has 0 fully saturated rings. The van der Waals surface area contributed by atoms with Crippen LogP contribution in [-0.4, -0.2) is 28.7 Å². The Morgan fingerprint density at radius 3 is 2.35 bits per heavy atom.